The van der Waals surface area contributed by atoms with Crippen molar-refractivity contribution in [3.05, 3.63) is 23.8 Å². The fourth-order valence-electron chi connectivity index (χ4n) is 4.09. The molecule has 0 radical (unpaired) electrons. The Morgan fingerprint density at radius 1 is 1.11 bits per heavy atom. The maximum absolute atomic E-state index is 13.1. The zero-order valence-electron chi connectivity index (χ0n) is 15.5. The molecule has 0 bridgehead atoms. The Morgan fingerprint density at radius 3 is 2.70 bits per heavy atom. The van der Waals surface area contributed by atoms with Crippen molar-refractivity contribution < 1.29 is 19.1 Å². The number of rotatable bonds is 3. The number of carbonyl (C=O) groups is 2. The van der Waals surface area contributed by atoms with Crippen LogP contribution in [0.15, 0.2) is 18.2 Å². The van der Waals surface area contributed by atoms with E-state index in [1.54, 1.807) is 23.1 Å². The van der Waals surface area contributed by atoms with Crippen LogP contribution in [-0.2, 0) is 4.79 Å². The molecule has 4 rings (SSSR count). The topological polar surface area (TPSA) is 71.1 Å². The Balaban J connectivity index is 0.00000210. The predicted molar refractivity (Wildman–Crippen MR) is 103 cm³/mol. The second-order valence-electron chi connectivity index (χ2n) is 7.14. The molecule has 1 aromatic carbocycles. The third-order valence-electron chi connectivity index (χ3n) is 5.56. The summed E-state index contributed by atoms with van der Waals surface area (Å²) < 4.78 is 10.7. The molecule has 2 amide bonds. The van der Waals surface area contributed by atoms with E-state index in [-0.39, 0.29) is 37.1 Å². The van der Waals surface area contributed by atoms with Gasteiger partial charge in [-0.25, -0.2) is 0 Å². The number of nitrogens with zero attached hydrogens (tertiary/aromatic N) is 2. The summed E-state index contributed by atoms with van der Waals surface area (Å²) in [5.74, 6) is 1.21. The lowest BCUT2D eigenvalue weighted by atomic mass is 10.0. The minimum Gasteiger partial charge on any atom is -0.454 e. The van der Waals surface area contributed by atoms with Gasteiger partial charge in [-0.2, -0.15) is 0 Å². The number of likely N-dealkylation sites (tertiary alicyclic amines) is 2. The standard InChI is InChI=1S/C19H25N3O4.ClH/c1-20-14-4-2-8-21(11-14)19(24)15-5-3-9-22(15)18(23)13-6-7-16-17(10-13)26-12-25-16;/h6-7,10,14-15,20H,2-5,8-9,11-12H2,1H3;1H. The van der Waals surface area contributed by atoms with Gasteiger partial charge in [-0.1, -0.05) is 0 Å². The van der Waals surface area contributed by atoms with E-state index in [0.717, 1.165) is 38.8 Å². The SMILES string of the molecule is CNC1CCCN(C(=O)C2CCCN2C(=O)c2ccc3c(c2)OCO3)C1.Cl. The molecule has 0 spiro atoms. The lowest BCUT2D eigenvalue weighted by Crippen LogP contribution is -2.53. The van der Waals surface area contributed by atoms with Crippen molar-refractivity contribution in [2.24, 2.45) is 0 Å². The molecule has 1 N–H and O–H groups in total. The molecule has 27 heavy (non-hydrogen) atoms. The Bertz CT molecular complexity index is 714. The molecule has 3 heterocycles. The predicted octanol–water partition coefficient (Wildman–Crippen LogP) is 1.65. The number of carbonyl (C=O) groups excluding carboxylic acids is 2. The lowest BCUT2D eigenvalue weighted by Gasteiger charge is -2.36. The third-order valence-corrected chi connectivity index (χ3v) is 5.56. The number of likely N-dealkylation sites (N-methyl/N-ethyl adjacent to an activating group) is 1. The number of ether oxygens (including phenoxy) is 2. The van der Waals surface area contributed by atoms with Gasteiger partial charge in [0.15, 0.2) is 11.5 Å². The van der Waals surface area contributed by atoms with Crippen molar-refractivity contribution in [2.75, 3.05) is 33.5 Å². The van der Waals surface area contributed by atoms with Gasteiger partial charge in [-0.15, -0.1) is 12.4 Å². The van der Waals surface area contributed by atoms with Gasteiger partial charge < -0.3 is 24.6 Å². The first-order chi connectivity index (χ1) is 12.7. The van der Waals surface area contributed by atoms with Gasteiger partial charge >= 0.3 is 0 Å². The summed E-state index contributed by atoms with van der Waals surface area (Å²) in [5.41, 5.74) is 0.542. The van der Waals surface area contributed by atoms with Crippen LogP contribution in [0, 0.1) is 0 Å². The summed E-state index contributed by atoms with van der Waals surface area (Å²) >= 11 is 0. The van der Waals surface area contributed by atoms with Crippen LogP contribution in [0.2, 0.25) is 0 Å². The molecule has 2 saturated heterocycles. The van der Waals surface area contributed by atoms with Crippen molar-refractivity contribution in [3.63, 3.8) is 0 Å². The summed E-state index contributed by atoms with van der Waals surface area (Å²) in [4.78, 5) is 29.7. The van der Waals surface area contributed by atoms with E-state index < -0.39 is 0 Å². The molecule has 148 valence electrons. The first kappa shape index (κ1) is 19.8. The second-order valence-corrected chi connectivity index (χ2v) is 7.14. The molecular formula is C19H26ClN3O4. The van der Waals surface area contributed by atoms with Crippen molar-refractivity contribution in [1.82, 2.24) is 15.1 Å². The Morgan fingerprint density at radius 2 is 1.89 bits per heavy atom. The van der Waals surface area contributed by atoms with Gasteiger partial charge in [0, 0.05) is 31.2 Å². The van der Waals surface area contributed by atoms with Crippen LogP contribution >= 0.6 is 12.4 Å². The highest BCUT2D eigenvalue weighted by molar-refractivity contribution is 5.98. The summed E-state index contributed by atoms with van der Waals surface area (Å²) in [7, 11) is 1.93. The average molecular weight is 396 g/mol. The van der Waals surface area contributed by atoms with Gasteiger partial charge in [-0.05, 0) is 50.9 Å². The normalized spacial score (nSPS) is 23.9. The monoisotopic (exact) mass is 395 g/mol. The quantitative estimate of drug-likeness (QED) is 0.842. The van der Waals surface area contributed by atoms with Crippen molar-refractivity contribution in [3.8, 4) is 11.5 Å². The fourth-order valence-corrected chi connectivity index (χ4v) is 4.09. The molecule has 3 aliphatic rings. The zero-order valence-corrected chi connectivity index (χ0v) is 16.3. The number of amides is 2. The molecule has 0 aliphatic carbocycles. The van der Waals surface area contributed by atoms with Crippen LogP contribution in [0.4, 0.5) is 0 Å². The van der Waals surface area contributed by atoms with Crippen LogP contribution in [0.1, 0.15) is 36.0 Å². The lowest BCUT2D eigenvalue weighted by molar-refractivity contribution is -0.136. The highest BCUT2D eigenvalue weighted by Gasteiger charge is 2.38. The van der Waals surface area contributed by atoms with Crippen LogP contribution in [0.5, 0.6) is 11.5 Å². The molecule has 2 unspecified atom stereocenters. The van der Waals surface area contributed by atoms with Crippen LogP contribution < -0.4 is 14.8 Å². The van der Waals surface area contributed by atoms with Crippen molar-refractivity contribution in [1.29, 1.82) is 0 Å². The summed E-state index contributed by atoms with van der Waals surface area (Å²) in [6.07, 6.45) is 3.68. The molecule has 2 atom stereocenters. The van der Waals surface area contributed by atoms with Gasteiger partial charge in [0.2, 0.25) is 12.7 Å². The fraction of sp³-hybridized carbons (Fsp3) is 0.579. The number of halogens is 1. The molecule has 0 aromatic heterocycles. The first-order valence-corrected chi connectivity index (χ1v) is 9.34. The number of fused-ring (bicyclic) bond motifs is 1. The number of hydrogen-bond donors (Lipinski definition) is 1. The molecule has 2 fully saturated rings. The van der Waals surface area contributed by atoms with E-state index in [1.807, 2.05) is 11.9 Å². The van der Waals surface area contributed by atoms with E-state index in [4.69, 9.17) is 9.47 Å². The molecular weight excluding hydrogens is 370 g/mol. The van der Waals surface area contributed by atoms with Crippen LogP contribution in [0.25, 0.3) is 0 Å². The van der Waals surface area contributed by atoms with E-state index >= 15 is 0 Å². The van der Waals surface area contributed by atoms with Gasteiger partial charge in [0.1, 0.15) is 6.04 Å². The number of benzene rings is 1. The zero-order chi connectivity index (χ0) is 18.1. The molecule has 0 saturated carbocycles. The third kappa shape index (κ3) is 3.84. The van der Waals surface area contributed by atoms with E-state index in [9.17, 15) is 9.59 Å². The van der Waals surface area contributed by atoms with E-state index in [2.05, 4.69) is 5.32 Å². The Hall–Kier alpha value is -1.99. The number of hydrogen-bond acceptors (Lipinski definition) is 5. The highest BCUT2D eigenvalue weighted by Crippen LogP contribution is 2.33. The van der Waals surface area contributed by atoms with Gasteiger partial charge in [0.05, 0.1) is 0 Å². The second kappa shape index (κ2) is 8.35. The molecule has 3 aliphatic heterocycles. The summed E-state index contributed by atoms with van der Waals surface area (Å²) in [5, 5.41) is 3.26. The Kier molecular flexibility index (Phi) is 6.11. The smallest absolute Gasteiger partial charge is 0.254 e. The summed E-state index contributed by atoms with van der Waals surface area (Å²) in [6, 6.07) is 5.19. The maximum Gasteiger partial charge on any atom is 0.254 e. The minimum absolute atomic E-state index is 0. The largest absolute Gasteiger partial charge is 0.454 e. The minimum atomic E-state index is -0.358. The van der Waals surface area contributed by atoms with Crippen LogP contribution in [-0.4, -0.2) is 67.2 Å². The maximum atomic E-state index is 13.1. The van der Waals surface area contributed by atoms with Crippen LogP contribution in [0.3, 0.4) is 0 Å². The van der Waals surface area contributed by atoms with E-state index in [0.29, 0.717) is 29.6 Å². The number of piperidine rings is 1. The molecule has 1 aromatic rings. The Labute approximate surface area is 165 Å². The average Bonchev–Trinajstić information content (AvgIpc) is 3.35. The van der Waals surface area contributed by atoms with Gasteiger partial charge in [0.25, 0.3) is 5.91 Å². The number of nitrogens with one attached hydrogen (secondary N) is 1. The molecule has 7 nitrogen and oxygen atoms in total. The van der Waals surface area contributed by atoms with E-state index in [1.165, 1.54) is 0 Å². The first-order valence-electron chi connectivity index (χ1n) is 9.34. The highest BCUT2D eigenvalue weighted by atomic mass is 35.5. The molecule has 8 heteroatoms. The van der Waals surface area contributed by atoms with Crippen molar-refractivity contribution in [2.45, 2.75) is 37.8 Å². The van der Waals surface area contributed by atoms with Crippen molar-refractivity contribution >= 4 is 24.2 Å². The summed E-state index contributed by atoms with van der Waals surface area (Å²) in [6.45, 7) is 2.30. The van der Waals surface area contributed by atoms with Gasteiger partial charge in [-0.3, -0.25) is 9.59 Å².